The fourth-order valence-corrected chi connectivity index (χ4v) is 2.20. The van der Waals surface area contributed by atoms with Crippen molar-refractivity contribution in [3.05, 3.63) is 23.8 Å². The Morgan fingerprint density at radius 1 is 1.42 bits per heavy atom. The summed E-state index contributed by atoms with van der Waals surface area (Å²) in [5.41, 5.74) is 0.202. The number of phenols is 1. The first-order valence-corrected chi connectivity index (χ1v) is 6.30. The first-order valence-electron chi connectivity index (χ1n) is 6.30. The predicted molar refractivity (Wildman–Crippen MR) is 70.6 cm³/mol. The third kappa shape index (κ3) is 2.81. The average Bonchev–Trinajstić information content (AvgIpc) is 2.37. The monoisotopic (exact) mass is 265 g/mol. The number of methoxy groups -OCH3 is 2. The molecule has 0 unspecified atom stereocenters. The second kappa shape index (κ2) is 5.48. The van der Waals surface area contributed by atoms with Crippen molar-refractivity contribution >= 4 is 5.91 Å². The Labute approximate surface area is 112 Å². The molecule has 1 aliphatic carbocycles. The fourth-order valence-electron chi connectivity index (χ4n) is 2.20. The van der Waals surface area contributed by atoms with Crippen molar-refractivity contribution in [2.75, 3.05) is 20.8 Å². The number of benzene rings is 1. The van der Waals surface area contributed by atoms with E-state index in [1.165, 1.54) is 13.2 Å². The third-order valence-corrected chi connectivity index (χ3v) is 3.71. The fraction of sp³-hybridized carbons (Fsp3) is 0.500. The van der Waals surface area contributed by atoms with E-state index < -0.39 is 0 Å². The first kappa shape index (κ1) is 13.7. The van der Waals surface area contributed by atoms with Gasteiger partial charge < -0.3 is 19.9 Å². The van der Waals surface area contributed by atoms with Gasteiger partial charge in [0.2, 0.25) is 0 Å². The van der Waals surface area contributed by atoms with Gasteiger partial charge in [-0.2, -0.15) is 0 Å². The summed E-state index contributed by atoms with van der Waals surface area (Å²) < 4.78 is 10.4. The Kier molecular flexibility index (Phi) is 3.95. The number of carbonyl (C=O) groups is 1. The van der Waals surface area contributed by atoms with Gasteiger partial charge in [-0.3, -0.25) is 4.79 Å². The van der Waals surface area contributed by atoms with E-state index in [-0.39, 0.29) is 17.3 Å². The van der Waals surface area contributed by atoms with Crippen LogP contribution in [0.4, 0.5) is 0 Å². The van der Waals surface area contributed by atoms with E-state index in [0.29, 0.717) is 17.9 Å². The second-order valence-corrected chi connectivity index (χ2v) is 4.81. The highest BCUT2D eigenvalue weighted by Gasteiger charge is 2.37. The molecule has 5 nitrogen and oxygen atoms in total. The zero-order valence-corrected chi connectivity index (χ0v) is 11.2. The van der Waals surface area contributed by atoms with Crippen LogP contribution in [0.25, 0.3) is 0 Å². The van der Waals surface area contributed by atoms with E-state index in [0.717, 1.165) is 19.3 Å². The molecule has 2 N–H and O–H groups in total. The van der Waals surface area contributed by atoms with Crippen LogP contribution in [-0.4, -0.2) is 37.4 Å². The Hall–Kier alpha value is -1.75. The predicted octanol–water partition coefficient (Wildman–Crippen LogP) is 1.70. The van der Waals surface area contributed by atoms with Crippen molar-refractivity contribution in [2.45, 2.75) is 24.9 Å². The van der Waals surface area contributed by atoms with Gasteiger partial charge in [0.1, 0.15) is 0 Å². The number of nitrogens with one attached hydrogen (secondary N) is 1. The van der Waals surface area contributed by atoms with Gasteiger partial charge in [0.15, 0.2) is 11.5 Å². The van der Waals surface area contributed by atoms with Crippen molar-refractivity contribution in [3.63, 3.8) is 0 Å². The highest BCUT2D eigenvalue weighted by Crippen LogP contribution is 2.34. The molecule has 1 amide bonds. The number of phenolic OH excluding ortho intramolecular Hbond substituents is 1. The maximum Gasteiger partial charge on any atom is 0.251 e. The maximum atomic E-state index is 12.0. The van der Waals surface area contributed by atoms with Crippen molar-refractivity contribution in [1.82, 2.24) is 5.32 Å². The summed E-state index contributed by atoms with van der Waals surface area (Å²) >= 11 is 0. The minimum absolute atomic E-state index is 0.0414. The van der Waals surface area contributed by atoms with Crippen LogP contribution < -0.4 is 10.1 Å². The van der Waals surface area contributed by atoms with Crippen LogP contribution in [0.2, 0.25) is 0 Å². The summed E-state index contributed by atoms with van der Waals surface area (Å²) in [5, 5.41) is 12.5. The molecule has 1 aromatic rings. The number of aromatic hydroxyl groups is 1. The van der Waals surface area contributed by atoms with Gasteiger partial charge in [-0.05, 0) is 37.5 Å². The van der Waals surface area contributed by atoms with Crippen molar-refractivity contribution < 1.29 is 19.4 Å². The van der Waals surface area contributed by atoms with Gasteiger partial charge in [-0.15, -0.1) is 0 Å². The summed E-state index contributed by atoms with van der Waals surface area (Å²) in [6.45, 7) is 0.495. The van der Waals surface area contributed by atoms with Gasteiger partial charge in [-0.1, -0.05) is 0 Å². The average molecular weight is 265 g/mol. The van der Waals surface area contributed by atoms with E-state index in [4.69, 9.17) is 9.47 Å². The summed E-state index contributed by atoms with van der Waals surface area (Å²) in [6, 6.07) is 4.59. The standard InChI is InChI=1S/C14H19NO4/c1-18-12-5-4-10(8-11(12)16)13(17)15-9-14(19-2)6-3-7-14/h4-5,8,16H,3,6-7,9H2,1-2H3,(H,15,17). The van der Waals surface area contributed by atoms with Crippen molar-refractivity contribution in [1.29, 1.82) is 0 Å². The molecular formula is C14H19NO4. The zero-order chi connectivity index (χ0) is 13.9. The molecule has 0 saturated heterocycles. The van der Waals surface area contributed by atoms with Gasteiger partial charge in [0, 0.05) is 19.2 Å². The summed E-state index contributed by atoms with van der Waals surface area (Å²) in [5.74, 6) is 0.0884. The van der Waals surface area contributed by atoms with Crippen molar-refractivity contribution in [2.24, 2.45) is 0 Å². The maximum absolute atomic E-state index is 12.0. The van der Waals surface area contributed by atoms with E-state index in [1.54, 1.807) is 19.2 Å². The molecular weight excluding hydrogens is 246 g/mol. The van der Waals surface area contributed by atoms with Gasteiger partial charge >= 0.3 is 0 Å². The summed E-state index contributed by atoms with van der Waals surface area (Å²) in [6.07, 6.45) is 3.07. The quantitative estimate of drug-likeness (QED) is 0.850. The van der Waals surface area contributed by atoms with Crippen molar-refractivity contribution in [3.8, 4) is 11.5 Å². The SMILES string of the molecule is COc1ccc(C(=O)NCC2(OC)CCC2)cc1O. The number of carbonyl (C=O) groups excluding carboxylic acids is 1. The van der Waals surface area contributed by atoms with E-state index in [2.05, 4.69) is 5.32 Å². The molecule has 5 heteroatoms. The largest absolute Gasteiger partial charge is 0.504 e. The van der Waals surface area contributed by atoms with Crippen LogP contribution in [0.15, 0.2) is 18.2 Å². The lowest BCUT2D eigenvalue weighted by molar-refractivity contribution is -0.0679. The minimum atomic E-state index is -0.221. The molecule has 0 atom stereocenters. The van der Waals surface area contributed by atoms with E-state index in [9.17, 15) is 9.90 Å². The highest BCUT2D eigenvalue weighted by atomic mass is 16.5. The highest BCUT2D eigenvalue weighted by molar-refractivity contribution is 5.94. The number of amides is 1. The van der Waals surface area contributed by atoms with Crippen LogP contribution in [0.3, 0.4) is 0 Å². The molecule has 104 valence electrons. The van der Waals surface area contributed by atoms with Crippen LogP contribution in [0.5, 0.6) is 11.5 Å². The molecule has 1 aliphatic rings. The number of hydrogen-bond donors (Lipinski definition) is 2. The van der Waals surface area contributed by atoms with Crippen LogP contribution >= 0.6 is 0 Å². The van der Waals surface area contributed by atoms with Crippen LogP contribution in [0.1, 0.15) is 29.6 Å². The Morgan fingerprint density at radius 3 is 2.63 bits per heavy atom. The molecule has 1 aromatic carbocycles. The first-order chi connectivity index (χ1) is 9.10. The van der Waals surface area contributed by atoms with Crippen LogP contribution in [0, 0.1) is 0 Å². The number of ether oxygens (including phenoxy) is 2. The Morgan fingerprint density at radius 2 is 2.16 bits per heavy atom. The summed E-state index contributed by atoms with van der Waals surface area (Å²) in [4.78, 5) is 12.0. The molecule has 19 heavy (non-hydrogen) atoms. The molecule has 0 spiro atoms. The molecule has 2 rings (SSSR count). The molecule has 0 heterocycles. The zero-order valence-electron chi connectivity index (χ0n) is 11.2. The summed E-state index contributed by atoms with van der Waals surface area (Å²) in [7, 11) is 3.14. The molecule has 0 aromatic heterocycles. The molecule has 1 saturated carbocycles. The lowest BCUT2D eigenvalue weighted by atomic mass is 9.80. The third-order valence-electron chi connectivity index (χ3n) is 3.71. The van der Waals surface area contributed by atoms with Gasteiger partial charge in [-0.25, -0.2) is 0 Å². The minimum Gasteiger partial charge on any atom is -0.504 e. The molecule has 0 bridgehead atoms. The smallest absolute Gasteiger partial charge is 0.251 e. The lowest BCUT2D eigenvalue weighted by Crippen LogP contribution is -2.49. The lowest BCUT2D eigenvalue weighted by Gasteiger charge is -2.40. The van der Waals surface area contributed by atoms with Gasteiger partial charge in [0.05, 0.1) is 12.7 Å². The molecule has 0 radical (unpaired) electrons. The topological polar surface area (TPSA) is 67.8 Å². The van der Waals surface area contributed by atoms with E-state index >= 15 is 0 Å². The Bertz CT molecular complexity index is 463. The molecule has 1 fully saturated rings. The van der Waals surface area contributed by atoms with Gasteiger partial charge in [0.25, 0.3) is 5.91 Å². The number of rotatable bonds is 5. The second-order valence-electron chi connectivity index (χ2n) is 4.81. The van der Waals surface area contributed by atoms with Crippen LogP contribution in [-0.2, 0) is 4.74 Å². The normalized spacial score (nSPS) is 16.5. The number of hydrogen-bond acceptors (Lipinski definition) is 4. The Balaban J connectivity index is 1.98. The molecule has 0 aliphatic heterocycles. The van der Waals surface area contributed by atoms with E-state index in [1.807, 2.05) is 0 Å².